The highest BCUT2D eigenvalue weighted by Crippen LogP contribution is 2.19. The van der Waals surface area contributed by atoms with Crippen molar-refractivity contribution >= 4 is 6.03 Å². The topological polar surface area (TPSA) is 70.4 Å². The van der Waals surface area contributed by atoms with Crippen molar-refractivity contribution in [1.29, 1.82) is 0 Å². The number of nitrogens with one attached hydrogen (secondary N) is 1. The molecule has 1 aliphatic heterocycles. The summed E-state index contributed by atoms with van der Waals surface area (Å²) < 4.78 is 1.92. The van der Waals surface area contributed by atoms with Crippen molar-refractivity contribution in [1.82, 2.24) is 20.0 Å². The van der Waals surface area contributed by atoms with Crippen molar-refractivity contribution in [3.8, 4) is 5.69 Å². The minimum absolute atomic E-state index is 0.0654. The molecular weight excluding hydrogens is 316 g/mol. The zero-order valence-corrected chi connectivity index (χ0v) is 14.9. The molecule has 2 aromatic rings. The van der Waals surface area contributed by atoms with Gasteiger partial charge in [0, 0.05) is 37.5 Å². The van der Waals surface area contributed by atoms with Crippen LogP contribution >= 0.6 is 0 Å². The van der Waals surface area contributed by atoms with Crippen LogP contribution in [0.5, 0.6) is 0 Å². The highest BCUT2D eigenvalue weighted by Gasteiger charge is 2.23. The molecule has 1 fully saturated rings. The van der Waals surface area contributed by atoms with Crippen LogP contribution in [0.1, 0.15) is 29.8 Å². The van der Waals surface area contributed by atoms with Gasteiger partial charge in [0.2, 0.25) is 0 Å². The quantitative estimate of drug-likeness (QED) is 0.896. The fraction of sp³-hybridized carbons (Fsp3) is 0.474. The molecule has 6 nitrogen and oxygen atoms in total. The number of amides is 2. The molecular formula is C19H26N4O2. The predicted octanol–water partition coefficient (Wildman–Crippen LogP) is 2.40. The molecule has 1 aliphatic rings. The number of likely N-dealkylation sites (tertiary alicyclic amines) is 1. The van der Waals surface area contributed by atoms with E-state index in [4.69, 9.17) is 0 Å². The SMILES string of the molecule is Cc1nn(-c2ccccc2)c(C)c1CNC(=O)N1CCCC(CO)C1. The maximum atomic E-state index is 12.4. The van der Waals surface area contributed by atoms with Gasteiger partial charge in [-0.25, -0.2) is 9.48 Å². The van der Waals surface area contributed by atoms with Gasteiger partial charge in [-0.3, -0.25) is 0 Å². The fourth-order valence-corrected chi connectivity index (χ4v) is 3.43. The highest BCUT2D eigenvalue weighted by molar-refractivity contribution is 5.74. The van der Waals surface area contributed by atoms with Crippen LogP contribution in [-0.4, -0.2) is 45.5 Å². The van der Waals surface area contributed by atoms with Crippen molar-refractivity contribution in [2.75, 3.05) is 19.7 Å². The predicted molar refractivity (Wildman–Crippen MR) is 96.7 cm³/mol. The molecule has 1 atom stereocenters. The van der Waals surface area contributed by atoms with Gasteiger partial charge in [-0.15, -0.1) is 0 Å². The second kappa shape index (κ2) is 7.70. The van der Waals surface area contributed by atoms with Gasteiger partial charge in [-0.1, -0.05) is 18.2 Å². The summed E-state index contributed by atoms with van der Waals surface area (Å²) in [4.78, 5) is 14.2. The number of aryl methyl sites for hydroxylation is 1. The van der Waals surface area contributed by atoms with Crippen LogP contribution in [0.2, 0.25) is 0 Å². The Bertz CT molecular complexity index is 727. The van der Waals surface area contributed by atoms with E-state index in [9.17, 15) is 9.90 Å². The zero-order valence-electron chi connectivity index (χ0n) is 14.9. The summed E-state index contributed by atoms with van der Waals surface area (Å²) in [7, 11) is 0. The molecule has 1 saturated heterocycles. The first-order chi connectivity index (χ1) is 12.1. The van der Waals surface area contributed by atoms with Crippen LogP contribution < -0.4 is 5.32 Å². The highest BCUT2D eigenvalue weighted by atomic mass is 16.3. The molecule has 2 heterocycles. The number of hydrogen-bond donors (Lipinski definition) is 2. The van der Waals surface area contributed by atoms with E-state index in [1.807, 2.05) is 48.9 Å². The second-order valence-corrected chi connectivity index (χ2v) is 6.69. The lowest BCUT2D eigenvalue weighted by atomic mass is 9.99. The normalized spacial score (nSPS) is 17.6. The Morgan fingerprint density at radius 1 is 1.32 bits per heavy atom. The number of aliphatic hydroxyl groups is 1. The number of carbonyl (C=O) groups excluding carboxylic acids is 1. The summed E-state index contributed by atoms with van der Waals surface area (Å²) in [5, 5.41) is 16.9. The molecule has 1 aromatic heterocycles. The number of piperidine rings is 1. The third-order valence-electron chi connectivity index (χ3n) is 4.92. The Hall–Kier alpha value is -2.34. The van der Waals surface area contributed by atoms with Gasteiger partial charge in [0.25, 0.3) is 0 Å². The third-order valence-corrected chi connectivity index (χ3v) is 4.92. The number of carbonyl (C=O) groups is 1. The summed E-state index contributed by atoms with van der Waals surface area (Å²) in [5.41, 5.74) is 4.03. The largest absolute Gasteiger partial charge is 0.396 e. The average Bonchev–Trinajstić information content (AvgIpc) is 2.94. The van der Waals surface area contributed by atoms with E-state index in [2.05, 4.69) is 10.4 Å². The number of hydrogen-bond acceptors (Lipinski definition) is 3. The maximum absolute atomic E-state index is 12.4. The van der Waals surface area contributed by atoms with Crippen LogP contribution in [0, 0.1) is 19.8 Å². The summed E-state index contributed by atoms with van der Waals surface area (Å²) in [5.74, 6) is 0.198. The molecule has 3 rings (SSSR count). The maximum Gasteiger partial charge on any atom is 0.317 e. The molecule has 134 valence electrons. The van der Waals surface area contributed by atoms with Crippen LogP contribution in [0.25, 0.3) is 5.69 Å². The number of aliphatic hydroxyl groups excluding tert-OH is 1. The molecule has 0 radical (unpaired) electrons. The fourth-order valence-electron chi connectivity index (χ4n) is 3.43. The standard InChI is InChI=1S/C19H26N4O2/c1-14-18(15(2)23(21-14)17-8-4-3-5-9-17)11-20-19(25)22-10-6-7-16(12-22)13-24/h3-5,8-9,16,24H,6-7,10-13H2,1-2H3,(H,20,25). The lowest BCUT2D eigenvalue weighted by molar-refractivity contribution is 0.129. The van der Waals surface area contributed by atoms with Gasteiger partial charge in [0.15, 0.2) is 0 Å². The Balaban J connectivity index is 1.67. The van der Waals surface area contributed by atoms with E-state index in [0.29, 0.717) is 13.1 Å². The molecule has 0 spiro atoms. The Morgan fingerprint density at radius 3 is 2.80 bits per heavy atom. The van der Waals surface area contributed by atoms with E-state index in [0.717, 1.165) is 42.0 Å². The van der Waals surface area contributed by atoms with Crippen molar-refractivity contribution < 1.29 is 9.90 Å². The first-order valence-corrected chi connectivity index (χ1v) is 8.84. The third kappa shape index (κ3) is 3.85. The van der Waals surface area contributed by atoms with Gasteiger partial charge < -0.3 is 15.3 Å². The Labute approximate surface area is 148 Å². The zero-order chi connectivity index (χ0) is 17.8. The molecule has 6 heteroatoms. The van der Waals surface area contributed by atoms with Crippen LogP contribution in [0.4, 0.5) is 4.79 Å². The lowest BCUT2D eigenvalue weighted by Gasteiger charge is -2.31. The van der Waals surface area contributed by atoms with Crippen LogP contribution in [0.3, 0.4) is 0 Å². The van der Waals surface area contributed by atoms with E-state index in [1.54, 1.807) is 4.90 Å². The molecule has 1 unspecified atom stereocenters. The molecule has 2 N–H and O–H groups in total. The Kier molecular flexibility index (Phi) is 5.38. The summed E-state index contributed by atoms with van der Waals surface area (Å²) in [6.45, 7) is 5.98. The minimum Gasteiger partial charge on any atom is -0.396 e. The van der Waals surface area contributed by atoms with Crippen molar-refractivity contribution in [3.63, 3.8) is 0 Å². The van der Waals surface area contributed by atoms with Crippen molar-refractivity contribution in [3.05, 3.63) is 47.3 Å². The van der Waals surface area contributed by atoms with E-state index < -0.39 is 0 Å². The number of urea groups is 1. The van der Waals surface area contributed by atoms with Crippen molar-refractivity contribution in [2.24, 2.45) is 5.92 Å². The molecule has 0 bridgehead atoms. The molecule has 0 aliphatic carbocycles. The van der Waals surface area contributed by atoms with Gasteiger partial charge >= 0.3 is 6.03 Å². The first-order valence-electron chi connectivity index (χ1n) is 8.84. The smallest absolute Gasteiger partial charge is 0.317 e. The van der Waals surface area contributed by atoms with E-state index in [1.165, 1.54) is 0 Å². The number of benzene rings is 1. The molecule has 2 amide bonds. The van der Waals surface area contributed by atoms with E-state index in [-0.39, 0.29) is 18.6 Å². The number of para-hydroxylation sites is 1. The lowest BCUT2D eigenvalue weighted by Crippen LogP contribution is -2.46. The summed E-state index contributed by atoms with van der Waals surface area (Å²) in [6.07, 6.45) is 1.94. The summed E-state index contributed by atoms with van der Waals surface area (Å²) in [6, 6.07) is 9.93. The monoisotopic (exact) mass is 342 g/mol. The number of aromatic nitrogens is 2. The summed E-state index contributed by atoms with van der Waals surface area (Å²) >= 11 is 0. The van der Waals surface area contributed by atoms with Gasteiger partial charge in [0.1, 0.15) is 0 Å². The Morgan fingerprint density at radius 2 is 2.08 bits per heavy atom. The minimum atomic E-state index is -0.0654. The van der Waals surface area contributed by atoms with Gasteiger partial charge in [-0.05, 0) is 44.7 Å². The molecule has 25 heavy (non-hydrogen) atoms. The number of nitrogens with zero attached hydrogens (tertiary/aromatic N) is 3. The van der Waals surface area contributed by atoms with Gasteiger partial charge in [0.05, 0.1) is 11.4 Å². The average molecular weight is 342 g/mol. The first kappa shape index (κ1) is 17.5. The van der Waals surface area contributed by atoms with E-state index >= 15 is 0 Å². The molecule has 0 saturated carbocycles. The van der Waals surface area contributed by atoms with Crippen molar-refractivity contribution in [2.45, 2.75) is 33.2 Å². The van der Waals surface area contributed by atoms with Crippen LogP contribution in [0.15, 0.2) is 30.3 Å². The van der Waals surface area contributed by atoms with Crippen LogP contribution in [-0.2, 0) is 6.54 Å². The number of rotatable bonds is 4. The molecule has 1 aromatic carbocycles. The second-order valence-electron chi connectivity index (χ2n) is 6.69. The van der Waals surface area contributed by atoms with Gasteiger partial charge in [-0.2, -0.15) is 5.10 Å².